The molecule has 0 aromatic heterocycles. The molecule has 0 bridgehead atoms. The van der Waals surface area contributed by atoms with Crippen LogP contribution in [0.5, 0.6) is 11.5 Å². The van der Waals surface area contributed by atoms with E-state index in [1.54, 1.807) is 18.2 Å². The molecule has 1 aliphatic rings. The van der Waals surface area contributed by atoms with Crippen LogP contribution in [0, 0.1) is 0 Å². The average molecular weight is 301 g/mol. The molecule has 0 saturated heterocycles. The van der Waals surface area contributed by atoms with Gasteiger partial charge in [0, 0.05) is 13.2 Å². The third kappa shape index (κ3) is 3.56. The van der Waals surface area contributed by atoms with Crippen molar-refractivity contribution in [2.45, 2.75) is 13.8 Å². The number of carboxylic acids is 1. The fraction of sp³-hybridized carbons (Fsp3) is 0.235. The smallest absolute Gasteiger partial charge is 0.339 e. The van der Waals surface area contributed by atoms with E-state index in [0.29, 0.717) is 17.2 Å². The largest absolute Gasteiger partial charge is 0.478 e. The summed E-state index contributed by atoms with van der Waals surface area (Å²) in [7, 11) is 0. The van der Waals surface area contributed by atoms with Crippen LogP contribution in [-0.4, -0.2) is 24.3 Å². The Morgan fingerprint density at radius 1 is 1.09 bits per heavy atom. The Bertz CT molecular complexity index is 653. The molecule has 0 saturated carbocycles. The summed E-state index contributed by atoms with van der Waals surface area (Å²) in [5, 5.41) is 12.2. The van der Waals surface area contributed by atoms with Gasteiger partial charge in [0.15, 0.2) is 11.5 Å². The Morgan fingerprint density at radius 3 is 2.41 bits per heavy atom. The van der Waals surface area contributed by atoms with E-state index in [0.717, 1.165) is 18.9 Å². The number of para-hydroxylation sites is 3. The number of carbonyl (C=O) groups is 1. The third-order valence-electron chi connectivity index (χ3n) is 3.02. The van der Waals surface area contributed by atoms with Crippen molar-refractivity contribution in [3.05, 3.63) is 48.0 Å². The van der Waals surface area contributed by atoms with E-state index in [1.165, 1.54) is 6.07 Å². The van der Waals surface area contributed by atoms with Crippen molar-refractivity contribution in [3.63, 3.8) is 0 Å². The van der Waals surface area contributed by atoms with Crippen molar-refractivity contribution in [2.75, 3.05) is 18.5 Å². The highest BCUT2D eigenvalue weighted by molar-refractivity contribution is 5.95. The lowest BCUT2D eigenvalue weighted by Gasteiger charge is -2.22. The molecule has 116 valence electrons. The number of ether oxygens (including phenoxy) is 2. The van der Waals surface area contributed by atoms with Crippen molar-refractivity contribution in [1.82, 2.24) is 0 Å². The Labute approximate surface area is 129 Å². The Hall–Kier alpha value is -2.53. The Balaban J connectivity index is 0.000000309. The topological polar surface area (TPSA) is 67.8 Å². The number of benzene rings is 2. The van der Waals surface area contributed by atoms with Crippen molar-refractivity contribution in [1.29, 1.82) is 0 Å². The zero-order valence-electron chi connectivity index (χ0n) is 12.6. The molecule has 0 spiro atoms. The van der Waals surface area contributed by atoms with Gasteiger partial charge in [0.25, 0.3) is 0 Å². The Morgan fingerprint density at radius 2 is 1.77 bits per heavy atom. The Kier molecular flexibility index (Phi) is 5.38. The minimum Gasteiger partial charge on any atom is -0.478 e. The molecule has 2 aromatic carbocycles. The van der Waals surface area contributed by atoms with E-state index in [-0.39, 0.29) is 5.56 Å². The molecule has 1 heterocycles. The van der Waals surface area contributed by atoms with Gasteiger partial charge in [-0.1, -0.05) is 18.2 Å². The maximum atomic E-state index is 11.1. The van der Waals surface area contributed by atoms with Gasteiger partial charge in [-0.25, -0.2) is 4.79 Å². The first-order chi connectivity index (χ1) is 10.7. The number of carboxylic acid groups (broad SMARTS) is 1. The second kappa shape index (κ2) is 7.47. The number of aromatic carboxylic acids is 1. The van der Waals surface area contributed by atoms with Crippen LogP contribution in [-0.2, 0) is 4.74 Å². The van der Waals surface area contributed by atoms with E-state index in [4.69, 9.17) is 14.6 Å². The molecular formula is C17H19NO4. The molecule has 3 rings (SSSR count). The lowest BCUT2D eigenvalue weighted by atomic mass is 10.1. The van der Waals surface area contributed by atoms with E-state index in [1.807, 2.05) is 32.0 Å². The van der Waals surface area contributed by atoms with E-state index in [2.05, 4.69) is 5.32 Å². The van der Waals surface area contributed by atoms with Crippen LogP contribution in [0.15, 0.2) is 42.5 Å². The summed E-state index contributed by atoms with van der Waals surface area (Å²) in [4.78, 5) is 11.1. The summed E-state index contributed by atoms with van der Waals surface area (Å²) in [6.07, 6.45) is 0. The van der Waals surface area contributed by atoms with Crippen LogP contribution in [0.25, 0.3) is 0 Å². The van der Waals surface area contributed by atoms with Crippen LogP contribution < -0.4 is 10.1 Å². The molecule has 1 aliphatic heterocycles. The molecule has 5 heteroatoms. The van der Waals surface area contributed by atoms with Crippen LogP contribution >= 0.6 is 0 Å². The van der Waals surface area contributed by atoms with E-state index in [9.17, 15) is 4.79 Å². The third-order valence-corrected chi connectivity index (χ3v) is 3.02. The molecule has 22 heavy (non-hydrogen) atoms. The number of fused-ring (bicyclic) bond motifs is 2. The SMILES string of the molecule is CCOCC.O=C(O)c1cccc2c1Oc1ccccc1N2. The van der Waals surface area contributed by atoms with Crippen molar-refractivity contribution < 1.29 is 19.4 Å². The zero-order valence-corrected chi connectivity index (χ0v) is 12.6. The lowest BCUT2D eigenvalue weighted by Crippen LogP contribution is -2.07. The van der Waals surface area contributed by atoms with Crippen LogP contribution in [0.4, 0.5) is 11.4 Å². The summed E-state index contributed by atoms with van der Waals surface area (Å²) >= 11 is 0. The monoisotopic (exact) mass is 301 g/mol. The van der Waals surface area contributed by atoms with Gasteiger partial charge >= 0.3 is 5.97 Å². The van der Waals surface area contributed by atoms with Crippen LogP contribution in [0.2, 0.25) is 0 Å². The molecule has 0 aliphatic carbocycles. The highest BCUT2D eigenvalue weighted by atomic mass is 16.5. The minimum atomic E-state index is -0.997. The van der Waals surface area contributed by atoms with Gasteiger partial charge in [0.05, 0.1) is 11.4 Å². The number of rotatable bonds is 3. The molecular weight excluding hydrogens is 282 g/mol. The van der Waals surface area contributed by atoms with Crippen molar-refractivity contribution >= 4 is 17.3 Å². The molecule has 0 atom stereocenters. The zero-order chi connectivity index (χ0) is 15.9. The number of hydrogen-bond acceptors (Lipinski definition) is 4. The number of nitrogens with one attached hydrogen (secondary N) is 1. The predicted molar refractivity (Wildman–Crippen MR) is 85.4 cm³/mol. The molecule has 0 fully saturated rings. The van der Waals surface area contributed by atoms with E-state index < -0.39 is 5.97 Å². The van der Waals surface area contributed by atoms with Gasteiger partial charge in [-0.05, 0) is 38.1 Å². The van der Waals surface area contributed by atoms with Gasteiger partial charge < -0.3 is 19.9 Å². The summed E-state index contributed by atoms with van der Waals surface area (Å²) < 4.78 is 10.5. The second-order valence-electron chi connectivity index (χ2n) is 4.49. The molecule has 2 aromatic rings. The molecule has 2 N–H and O–H groups in total. The van der Waals surface area contributed by atoms with Crippen LogP contribution in [0.1, 0.15) is 24.2 Å². The summed E-state index contributed by atoms with van der Waals surface area (Å²) in [6.45, 7) is 5.67. The van der Waals surface area contributed by atoms with Gasteiger partial charge in [-0.2, -0.15) is 0 Å². The van der Waals surface area contributed by atoms with E-state index >= 15 is 0 Å². The fourth-order valence-electron chi connectivity index (χ4n) is 2.03. The average Bonchev–Trinajstić information content (AvgIpc) is 2.53. The molecule has 0 radical (unpaired) electrons. The summed E-state index contributed by atoms with van der Waals surface area (Å²) in [5.41, 5.74) is 1.66. The van der Waals surface area contributed by atoms with Gasteiger partial charge in [-0.15, -0.1) is 0 Å². The quantitative estimate of drug-likeness (QED) is 0.756. The van der Waals surface area contributed by atoms with Gasteiger partial charge in [0.1, 0.15) is 5.56 Å². The predicted octanol–water partition coefficient (Wildman–Crippen LogP) is 4.28. The highest BCUT2D eigenvalue weighted by Crippen LogP contribution is 2.43. The first kappa shape index (κ1) is 15.9. The normalized spacial score (nSPS) is 11.0. The summed E-state index contributed by atoms with van der Waals surface area (Å²) in [5.74, 6) is -0.00423. The standard InChI is InChI=1S/C13H9NO3.C4H10O/c15-13(16)8-4-3-6-10-12(8)17-11-7-2-1-5-9(11)14-10;1-3-5-4-2/h1-7,14H,(H,15,16);3-4H2,1-2H3. The summed E-state index contributed by atoms with van der Waals surface area (Å²) in [6, 6.07) is 12.4. The first-order valence-corrected chi connectivity index (χ1v) is 7.15. The van der Waals surface area contributed by atoms with Gasteiger partial charge in [0.2, 0.25) is 0 Å². The van der Waals surface area contributed by atoms with Crippen LogP contribution in [0.3, 0.4) is 0 Å². The van der Waals surface area contributed by atoms with Crippen molar-refractivity contribution in [3.8, 4) is 11.5 Å². The lowest BCUT2D eigenvalue weighted by molar-refractivity contribution is 0.0694. The number of anilines is 2. The first-order valence-electron chi connectivity index (χ1n) is 7.15. The second-order valence-corrected chi connectivity index (χ2v) is 4.49. The minimum absolute atomic E-state index is 0.157. The number of hydrogen-bond donors (Lipinski definition) is 2. The fourth-order valence-corrected chi connectivity index (χ4v) is 2.03. The van der Waals surface area contributed by atoms with Crippen molar-refractivity contribution in [2.24, 2.45) is 0 Å². The molecule has 0 unspecified atom stereocenters. The van der Waals surface area contributed by atoms with Gasteiger partial charge in [-0.3, -0.25) is 0 Å². The molecule has 5 nitrogen and oxygen atoms in total. The molecule has 0 amide bonds. The highest BCUT2D eigenvalue weighted by Gasteiger charge is 2.21. The maximum absolute atomic E-state index is 11.1. The maximum Gasteiger partial charge on any atom is 0.339 e.